The lowest BCUT2D eigenvalue weighted by Crippen LogP contribution is -2.28. The number of likely N-dealkylation sites (tertiary alicyclic amines) is 1. The molecule has 5 nitrogen and oxygen atoms in total. The van der Waals surface area contributed by atoms with Crippen molar-refractivity contribution in [3.63, 3.8) is 0 Å². The summed E-state index contributed by atoms with van der Waals surface area (Å²) in [6, 6.07) is 12.3. The van der Waals surface area contributed by atoms with E-state index >= 15 is 0 Å². The molecule has 0 aliphatic carbocycles. The van der Waals surface area contributed by atoms with E-state index in [0.29, 0.717) is 22.0 Å². The molecule has 1 aliphatic heterocycles. The van der Waals surface area contributed by atoms with Gasteiger partial charge in [-0.05, 0) is 54.8 Å². The zero-order valence-corrected chi connectivity index (χ0v) is 15.8. The summed E-state index contributed by atoms with van der Waals surface area (Å²) in [5.74, 6) is 0.290. The molecule has 1 aliphatic rings. The van der Waals surface area contributed by atoms with Crippen LogP contribution in [-0.4, -0.2) is 36.9 Å². The van der Waals surface area contributed by atoms with E-state index in [1.807, 2.05) is 24.3 Å². The first-order valence-electron chi connectivity index (χ1n) is 8.79. The SMILES string of the molecule is COc1cccc(/C=C/C(=O)Nc2cc(Cl)ccc2C(=O)N2CCCC2)c1. The maximum Gasteiger partial charge on any atom is 0.255 e. The second kappa shape index (κ2) is 8.73. The fraction of sp³-hybridized carbons (Fsp3) is 0.238. The number of methoxy groups -OCH3 is 1. The third kappa shape index (κ3) is 4.89. The molecule has 3 rings (SSSR count). The van der Waals surface area contributed by atoms with E-state index in [0.717, 1.165) is 31.5 Å². The number of carbonyl (C=O) groups excluding carboxylic acids is 2. The number of nitrogens with zero attached hydrogens (tertiary/aromatic N) is 1. The predicted molar refractivity (Wildman–Crippen MR) is 107 cm³/mol. The van der Waals surface area contributed by atoms with Crippen LogP contribution in [0.5, 0.6) is 5.75 Å². The minimum Gasteiger partial charge on any atom is -0.497 e. The van der Waals surface area contributed by atoms with Crippen molar-refractivity contribution >= 4 is 35.2 Å². The highest BCUT2D eigenvalue weighted by molar-refractivity contribution is 6.31. The van der Waals surface area contributed by atoms with Crippen molar-refractivity contribution in [2.24, 2.45) is 0 Å². The summed E-state index contributed by atoms with van der Waals surface area (Å²) < 4.78 is 5.17. The fourth-order valence-corrected chi connectivity index (χ4v) is 3.16. The van der Waals surface area contributed by atoms with Gasteiger partial charge in [0, 0.05) is 24.2 Å². The lowest BCUT2D eigenvalue weighted by atomic mass is 10.1. The average Bonchev–Trinajstić information content (AvgIpc) is 3.21. The van der Waals surface area contributed by atoms with Gasteiger partial charge < -0.3 is 15.0 Å². The van der Waals surface area contributed by atoms with Gasteiger partial charge in [0.25, 0.3) is 5.91 Å². The summed E-state index contributed by atoms with van der Waals surface area (Å²) in [6.07, 6.45) is 5.11. The number of nitrogens with one attached hydrogen (secondary N) is 1. The van der Waals surface area contributed by atoms with E-state index in [4.69, 9.17) is 16.3 Å². The van der Waals surface area contributed by atoms with Crippen LogP contribution in [0, 0.1) is 0 Å². The maximum atomic E-state index is 12.7. The van der Waals surface area contributed by atoms with E-state index in [-0.39, 0.29) is 11.8 Å². The van der Waals surface area contributed by atoms with Gasteiger partial charge in [-0.2, -0.15) is 0 Å². The number of hydrogen-bond acceptors (Lipinski definition) is 3. The molecule has 0 aromatic heterocycles. The fourth-order valence-electron chi connectivity index (χ4n) is 2.99. The number of anilines is 1. The maximum absolute atomic E-state index is 12.7. The van der Waals surface area contributed by atoms with Crippen LogP contribution < -0.4 is 10.1 Å². The van der Waals surface area contributed by atoms with Crippen LogP contribution in [0.4, 0.5) is 5.69 Å². The Hall–Kier alpha value is -2.79. The molecule has 0 unspecified atom stereocenters. The molecule has 0 spiro atoms. The normalized spacial score (nSPS) is 13.8. The Bertz CT molecular complexity index is 873. The van der Waals surface area contributed by atoms with E-state index in [1.54, 1.807) is 36.3 Å². The minimum absolute atomic E-state index is 0.0868. The summed E-state index contributed by atoms with van der Waals surface area (Å²) in [4.78, 5) is 26.9. The van der Waals surface area contributed by atoms with E-state index in [2.05, 4.69) is 5.32 Å². The molecule has 1 heterocycles. The van der Waals surface area contributed by atoms with Gasteiger partial charge in [-0.15, -0.1) is 0 Å². The second-order valence-corrected chi connectivity index (χ2v) is 6.72. The van der Waals surface area contributed by atoms with Crippen LogP contribution in [0.25, 0.3) is 6.08 Å². The molecule has 1 fully saturated rings. The lowest BCUT2D eigenvalue weighted by molar-refractivity contribution is -0.111. The number of rotatable bonds is 5. The number of carbonyl (C=O) groups is 2. The van der Waals surface area contributed by atoms with Crippen LogP contribution in [-0.2, 0) is 4.79 Å². The van der Waals surface area contributed by atoms with Crippen molar-refractivity contribution in [3.8, 4) is 5.75 Å². The van der Waals surface area contributed by atoms with Crippen molar-refractivity contribution in [2.75, 3.05) is 25.5 Å². The summed E-state index contributed by atoms with van der Waals surface area (Å²) in [7, 11) is 1.59. The summed E-state index contributed by atoms with van der Waals surface area (Å²) in [5.41, 5.74) is 1.70. The monoisotopic (exact) mass is 384 g/mol. The molecule has 6 heteroatoms. The van der Waals surface area contributed by atoms with E-state index < -0.39 is 0 Å². The molecule has 0 radical (unpaired) electrons. The van der Waals surface area contributed by atoms with Crippen LogP contribution >= 0.6 is 11.6 Å². The van der Waals surface area contributed by atoms with Gasteiger partial charge >= 0.3 is 0 Å². The molecule has 140 valence electrons. The highest BCUT2D eigenvalue weighted by Gasteiger charge is 2.22. The topological polar surface area (TPSA) is 58.6 Å². The summed E-state index contributed by atoms with van der Waals surface area (Å²) in [5, 5.41) is 3.22. The van der Waals surface area contributed by atoms with Gasteiger partial charge in [-0.25, -0.2) is 0 Å². The third-order valence-electron chi connectivity index (χ3n) is 4.38. The van der Waals surface area contributed by atoms with E-state index in [9.17, 15) is 9.59 Å². The van der Waals surface area contributed by atoms with Gasteiger partial charge in [0.2, 0.25) is 5.91 Å². The molecule has 0 saturated carbocycles. The molecule has 0 atom stereocenters. The molecular weight excluding hydrogens is 364 g/mol. The van der Waals surface area contributed by atoms with E-state index in [1.165, 1.54) is 6.08 Å². The van der Waals surface area contributed by atoms with Gasteiger partial charge in [-0.1, -0.05) is 23.7 Å². The van der Waals surface area contributed by atoms with Crippen molar-refractivity contribution in [2.45, 2.75) is 12.8 Å². The van der Waals surface area contributed by atoms with Crippen LogP contribution in [0.1, 0.15) is 28.8 Å². The Kier molecular flexibility index (Phi) is 6.14. The zero-order valence-electron chi connectivity index (χ0n) is 15.1. The summed E-state index contributed by atoms with van der Waals surface area (Å²) in [6.45, 7) is 1.48. The molecule has 2 aromatic rings. The van der Waals surface area contributed by atoms with Crippen molar-refractivity contribution in [1.82, 2.24) is 4.90 Å². The van der Waals surface area contributed by atoms with Gasteiger partial charge in [-0.3, -0.25) is 9.59 Å². The molecule has 1 saturated heterocycles. The van der Waals surface area contributed by atoms with Crippen LogP contribution in [0.2, 0.25) is 5.02 Å². The number of ether oxygens (including phenoxy) is 1. The van der Waals surface area contributed by atoms with Crippen molar-refractivity contribution in [3.05, 3.63) is 64.7 Å². The molecule has 1 N–H and O–H groups in total. The third-order valence-corrected chi connectivity index (χ3v) is 4.62. The quantitative estimate of drug-likeness (QED) is 0.784. The Balaban J connectivity index is 1.75. The second-order valence-electron chi connectivity index (χ2n) is 6.29. The molecule has 2 aromatic carbocycles. The van der Waals surface area contributed by atoms with Gasteiger partial charge in [0.15, 0.2) is 0 Å². The molecular formula is C21H21ClN2O3. The number of benzene rings is 2. The smallest absolute Gasteiger partial charge is 0.255 e. The van der Waals surface area contributed by atoms with Gasteiger partial charge in [0.1, 0.15) is 5.75 Å². The lowest BCUT2D eigenvalue weighted by Gasteiger charge is -2.18. The van der Waals surface area contributed by atoms with Crippen LogP contribution in [0.15, 0.2) is 48.5 Å². The Labute approximate surface area is 163 Å². The van der Waals surface area contributed by atoms with Crippen molar-refractivity contribution in [1.29, 1.82) is 0 Å². The highest BCUT2D eigenvalue weighted by Crippen LogP contribution is 2.24. The standard InChI is InChI=1S/C21H21ClN2O3/c1-27-17-6-4-5-15(13-17)7-10-20(25)23-19-14-16(22)8-9-18(19)21(26)24-11-2-3-12-24/h4-10,13-14H,2-3,11-12H2,1H3,(H,23,25)/b10-7+. The first-order valence-corrected chi connectivity index (χ1v) is 9.16. The minimum atomic E-state index is -0.337. The predicted octanol–water partition coefficient (Wildman–Crippen LogP) is 4.24. The highest BCUT2D eigenvalue weighted by atomic mass is 35.5. The average molecular weight is 385 g/mol. The number of halogens is 1. The number of amides is 2. The molecule has 0 bridgehead atoms. The molecule has 2 amide bonds. The molecule has 27 heavy (non-hydrogen) atoms. The Morgan fingerprint density at radius 1 is 1.15 bits per heavy atom. The number of hydrogen-bond donors (Lipinski definition) is 1. The zero-order chi connectivity index (χ0) is 19.2. The largest absolute Gasteiger partial charge is 0.497 e. The van der Waals surface area contributed by atoms with Gasteiger partial charge in [0.05, 0.1) is 18.4 Å². The Morgan fingerprint density at radius 2 is 1.93 bits per heavy atom. The van der Waals surface area contributed by atoms with Crippen LogP contribution in [0.3, 0.4) is 0 Å². The van der Waals surface area contributed by atoms with Crippen molar-refractivity contribution < 1.29 is 14.3 Å². The first-order chi connectivity index (χ1) is 13.1. The summed E-state index contributed by atoms with van der Waals surface area (Å²) >= 11 is 6.06. The first kappa shape index (κ1) is 19.0. The Morgan fingerprint density at radius 3 is 2.67 bits per heavy atom.